The van der Waals surface area contributed by atoms with Gasteiger partial charge >= 0.3 is 0 Å². The number of carbonyl (C=O) groups is 6. The third-order valence-corrected chi connectivity index (χ3v) is 7.97. The molecule has 38 heavy (non-hydrogen) atoms. The maximum absolute atomic E-state index is 13.6. The number of rotatable bonds is 5. The first kappa shape index (κ1) is 25.3. The molecule has 1 heterocycles. The van der Waals surface area contributed by atoms with Crippen LogP contribution in [-0.2, 0) is 32.0 Å². The number of phenols is 1. The van der Waals surface area contributed by atoms with E-state index in [0.717, 1.165) is 12.4 Å². The first-order valence-corrected chi connectivity index (χ1v) is 12.0. The molecule has 0 aliphatic heterocycles. The van der Waals surface area contributed by atoms with E-state index < -0.39 is 81.8 Å². The molecule has 2 saturated carbocycles. The molecule has 3 aliphatic carbocycles. The number of aryl methyl sites for hydroxylation is 1. The van der Waals surface area contributed by atoms with E-state index in [1.54, 1.807) is 6.07 Å². The number of hydrogen-bond acceptors (Lipinski definition) is 10. The standard InChI is InChI=1S/C26H23N3O9/c27-25(37)21-17(32)7-12-5-11-6-13-10(1-3-15(30)14-8-18(33)29-9-28-14)2-4-16(31)20(13)22(34)19(11)23(35)26(12,38)24(21)36/h2,4,8-9,11-12,19,21,31,38H,1,3,5-7H2,(H2,27,37)(H,28,29,33)/t11-,12+,19?,21?,26+/m1/s1. The summed E-state index contributed by atoms with van der Waals surface area (Å²) in [7, 11) is 0. The summed E-state index contributed by atoms with van der Waals surface area (Å²) in [6.07, 6.45) is 0.896. The Hall–Kier alpha value is -4.32. The van der Waals surface area contributed by atoms with Crippen LogP contribution >= 0.6 is 0 Å². The number of nitrogens with two attached hydrogens (primary N) is 1. The van der Waals surface area contributed by atoms with Crippen LogP contribution in [0.25, 0.3) is 0 Å². The smallest absolute Gasteiger partial charge is 0.251 e. The van der Waals surface area contributed by atoms with Crippen LogP contribution in [0.4, 0.5) is 0 Å². The maximum Gasteiger partial charge on any atom is 0.251 e. The molecule has 3 aliphatic rings. The molecular formula is C26H23N3O9. The number of ketones is 5. The van der Waals surface area contributed by atoms with Crippen molar-refractivity contribution < 1.29 is 39.0 Å². The molecular weight excluding hydrogens is 498 g/mol. The summed E-state index contributed by atoms with van der Waals surface area (Å²) in [5.41, 5.74) is 2.85. The lowest BCUT2D eigenvalue weighted by Gasteiger charge is -2.48. The number of aromatic amines is 1. The van der Waals surface area contributed by atoms with E-state index in [-0.39, 0.29) is 36.9 Å². The minimum absolute atomic E-state index is 0.0180. The zero-order valence-corrected chi connectivity index (χ0v) is 19.9. The van der Waals surface area contributed by atoms with Gasteiger partial charge in [0.25, 0.3) is 5.56 Å². The van der Waals surface area contributed by atoms with Crippen LogP contribution < -0.4 is 11.3 Å². The molecule has 196 valence electrons. The van der Waals surface area contributed by atoms with Crippen molar-refractivity contribution in [1.29, 1.82) is 0 Å². The van der Waals surface area contributed by atoms with Gasteiger partial charge in [-0.2, -0.15) is 0 Å². The first-order valence-electron chi connectivity index (χ1n) is 12.0. The van der Waals surface area contributed by atoms with Gasteiger partial charge in [-0.05, 0) is 42.4 Å². The minimum Gasteiger partial charge on any atom is -0.507 e. The fourth-order valence-electron chi connectivity index (χ4n) is 6.16. The van der Waals surface area contributed by atoms with E-state index >= 15 is 0 Å². The molecule has 1 aromatic heterocycles. The van der Waals surface area contributed by atoms with Gasteiger partial charge in [-0.15, -0.1) is 0 Å². The number of benzene rings is 1. The van der Waals surface area contributed by atoms with Crippen molar-refractivity contribution in [3.8, 4) is 5.75 Å². The number of H-pyrrole nitrogens is 1. The Bertz CT molecular complexity index is 1510. The quantitative estimate of drug-likeness (QED) is 0.284. The van der Waals surface area contributed by atoms with Crippen molar-refractivity contribution in [3.63, 3.8) is 0 Å². The van der Waals surface area contributed by atoms with E-state index in [4.69, 9.17) is 5.73 Å². The molecule has 5 atom stereocenters. The Kier molecular flexibility index (Phi) is 5.94. The van der Waals surface area contributed by atoms with Crippen LogP contribution in [0.5, 0.6) is 5.75 Å². The summed E-state index contributed by atoms with van der Waals surface area (Å²) in [4.78, 5) is 94.4. The summed E-state index contributed by atoms with van der Waals surface area (Å²) >= 11 is 0. The highest BCUT2D eigenvalue weighted by Crippen LogP contribution is 2.50. The monoisotopic (exact) mass is 521 g/mol. The number of carbonyl (C=O) groups excluding carboxylic acids is 6. The number of Topliss-reactive ketones (excluding diaryl/α,β-unsaturated/α-hetero) is 5. The van der Waals surface area contributed by atoms with Crippen LogP contribution in [0.3, 0.4) is 0 Å². The van der Waals surface area contributed by atoms with Crippen LogP contribution in [0.1, 0.15) is 51.2 Å². The van der Waals surface area contributed by atoms with Gasteiger partial charge in [0.1, 0.15) is 11.4 Å². The lowest BCUT2D eigenvalue weighted by Crippen LogP contribution is -2.68. The number of nitrogens with zero attached hydrogens (tertiary/aromatic N) is 1. The van der Waals surface area contributed by atoms with Crippen LogP contribution in [-0.4, -0.2) is 60.6 Å². The van der Waals surface area contributed by atoms with Crippen LogP contribution in [0.15, 0.2) is 29.3 Å². The molecule has 5 rings (SSSR count). The van der Waals surface area contributed by atoms with Crippen molar-refractivity contribution in [2.45, 2.75) is 37.7 Å². The Morgan fingerprint density at radius 1 is 1.11 bits per heavy atom. The Balaban J connectivity index is 1.47. The molecule has 0 saturated heterocycles. The van der Waals surface area contributed by atoms with Crippen molar-refractivity contribution >= 4 is 34.8 Å². The topological polar surface area (TPSA) is 215 Å². The highest BCUT2D eigenvalue weighted by atomic mass is 16.3. The molecule has 5 N–H and O–H groups in total. The van der Waals surface area contributed by atoms with Gasteiger partial charge in [0.05, 0.1) is 17.8 Å². The summed E-state index contributed by atoms with van der Waals surface area (Å²) in [5, 5.41) is 21.8. The van der Waals surface area contributed by atoms with Gasteiger partial charge in [0, 0.05) is 24.8 Å². The average molecular weight is 521 g/mol. The zero-order chi connectivity index (χ0) is 27.5. The number of aliphatic hydroxyl groups is 1. The predicted octanol–water partition coefficient (Wildman–Crippen LogP) is -0.774. The van der Waals surface area contributed by atoms with Gasteiger partial charge in [0.2, 0.25) is 5.91 Å². The number of aromatic hydroxyl groups is 1. The lowest BCUT2D eigenvalue weighted by molar-refractivity contribution is -0.175. The molecule has 0 radical (unpaired) electrons. The molecule has 2 aromatic rings. The minimum atomic E-state index is -2.71. The summed E-state index contributed by atoms with van der Waals surface area (Å²) < 4.78 is 0. The van der Waals surface area contributed by atoms with Crippen LogP contribution in [0, 0.1) is 23.7 Å². The van der Waals surface area contributed by atoms with Gasteiger partial charge in [0.15, 0.2) is 40.4 Å². The second-order valence-corrected chi connectivity index (χ2v) is 10.1. The highest BCUT2D eigenvalue weighted by Gasteiger charge is 2.66. The molecule has 1 amide bonds. The third-order valence-electron chi connectivity index (χ3n) is 7.97. The number of fused-ring (bicyclic) bond motifs is 3. The molecule has 0 spiro atoms. The first-order chi connectivity index (χ1) is 17.9. The van der Waals surface area contributed by atoms with Gasteiger partial charge in [-0.3, -0.25) is 33.6 Å². The van der Waals surface area contributed by atoms with Gasteiger partial charge in [-0.25, -0.2) is 4.98 Å². The van der Waals surface area contributed by atoms with Crippen molar-refractivity contribution in [2.75, 3.05) is 0 Å². The van der Waals surface area contributed by atoms with E-state index in [1.165, 1.54) is 6.07 Å². The molecule has 12 heteroatoms. The Labute approximate surface area is 214 Å². The second-order valence-electron chi connectivity index (χ2n) is 10.1. The largest absolute Gasteiger partial charge is 0.507 e. The van der Waals surface area contributed by atoms with Crippen LogP contribution in [0.2, 0.25) is 0 Å². The second kappa shape index (κ2) is 8.91. The normalized spacial score (nSPS) is 28.3. The Morgan fingerprint density at radius 3 is 2.53 bits per heavy atom. The lowest BCUT2D eigenvalue weighted by atomic mass is 9.53. The van der Waals surface area contributed by atoms with E-state index in [9.17, 15) is 43.8 Å². The molecule has 12 nitrogen and oxygen atoms in total. The van der Waals surface area contributed by atoms with Crippen molar-refractivity contribution in [1.82, 2.24) is 9.97 Å². The van der Waals surface area contributed by atoms with Crippen molar-refractivity contribution in [3.05, 3.63) is 57.3 Å². The van der Waals surface area contributed by atoms with Gasteiger partial charge in [-0.1, -0.05) is 6.07 Å². The number of phenolic OH excluding ortho intramolecular Hbond substituents is 1. The van der Waals surface area contributed by atoms with E-state index in [2.05, 4.69) is 9.97 Å². The van der Waals surface area contributed by atoms with E-state index in [1.807, 2.05) is 0 Å². The molecule has 1 aromatic carbocycles. The summed E-state index contributed by atoms with van der Waals surface area (Å²) in [6, 6.07) is 3.90. The summed E-state index contributed by atoms with van der Waals surface area (Å²) in [5.74, 6) is -11.3. The number of nitrogens with one attached hydrogen (secondary N) is 1. The SMILES string of the molecule is NC(=O)C1C(=O)C[C@@H]2C[C@@H]3Cc4c(CCC(=O)c5cc(=O)[nH]cn5)ccc(O)c4C(=O)C3C(=O)[C@]2(O)C1=O. The number of hydrogen-bond donors (Lipinski definition) is 4. The Morgan fingerprint density at radius 2 is 1.84 bits per heavy atom. The third kappa shape index (κ3) is 3.71. The highest BCUT2D eigenvalue weighted by molar-refractivity contribution is 6.31. The van der Waals surface area contributed by atoms with Crippen molar-refractivity contribution in [2.24, 2.45) is 29.4 Å². The van der Waals surface area contributed by atoms with E-state index in [0.29, 0.717) is 11.1 Å². The molecule has 0 bridgehead atoms. The summed E-state index contributed by atoms with van der Waals surface area (Å²) in [6.45, 7) is 0. The fraction of sp³-hybridized carbons (Fsp3) is 0.385. The fourth-order valence-corrected chi connectivity index (χ4v) is 6.16. The maximum atomic E-state index is 13.6. The number of primary amides is 1. The van der Waals surface area contributed by atoms with Gasteiger partial charge < -0.3 is 20.9 Å². The molecule has 2 unspecified atom stereocenters. The number of aromatic nitrogens is 2. The predicted molar refractivity (Wildman–Crippen MR) is 126 cm³/mol. The molecule has 2 fully saturated rings. The zero-order valence-electron chi connectivity index (χ0n) is 19.9. The average Bonchev–Trinajstić information content (AvgIpc) is 2.85. The number of amides is 1.